The van der Waals surface area contributed by atoms with Crippen molar-refractivity contribution in [2.24, 2.45) is 5.92 Å². The van der Waals surface area contributed by atoms with Crippen molar-refractivity contribution < 1.29 is 0 Å². The number of anilines is 1. The Labute approximate surface area is 142 Å². The van der Waals surface area contributed by atoms with Crippen molar-refractivity contribution in [3.63, 3.8) is 0 Å². The van der Waals surface area contributed by atoms with Gasteiger partial charge in [-0.05, 0) is 55.4 Å². The Morgan fingerprint density at radius 2 is 1.96 bits per heavy atom. The molecule has 3 rings (SSSR count). The van der Waals surface area contributed by atoms with Gasteiger partial charge in [0.2, 0.25) is 0 Å². The number of halogens is 1. The fourth-order valence-electron chi connectivity index (χ4n) is 3.03. The molecular weight excluding hydrogens is 306 g/mol. The molecule has 1 aromatic carbocycles. The highest BCUT2D eigenvalue weighted by molar-refractivity contribution is 6.31. The molecule has 1 N–H and O–H groups in total. The van der Waals surface area contributed by atoms with Crippen LogP contribution >= 0.6 is 11.6 Å². The Hall–Kier alpha value is -1.84. The van der Waals surface area contributed by atoms with Gasteiger partial charge in [-0.3, -0.25) is 4.98 Å². The Kier molecular flexibility index (Phi) is 4.69. The molecule has 1 aromatic heterocycles. The van der Waals surface area contributed by atoms with E-state index in [-0.39, 0.29) is 0 Å². The van der Waals surface area contributed by atoms with Crippen LogP contribution in [0.5, 0.6) is 0 Å². The Morgan fingerprint density at radius 3 is 2.74 bits per heavy atom. The van der Waals surface area contributed by atoms with E-state index in [1.165, 1.54) is 11.1 Å². The summed E-state index contributed by atoms with van der Waals surface area (Å²) in [5.41, 5.74) is 4.80. The number of nitrogens with zero attached hydrogens (tertiary/aromatic N) is 2. The number of pyridine rings is 1. The van der Waals surface area contributed by atoms with E-state index in [1.807, 2.05) is 30.5 Å². The van der Waals surface area contributed by atoms with Crippen LogP contribution in [-0.4, -0.2) is 37.1 Å². The topological polar surface area (TPSA) is 28.2 Å². The number of fused-ring (bicyclic) bond motifs is 1. The molecule has 2 aromatic rings. The lowest BCUT2D eigenvalue weighted by molar-refractivity contribution is 0.447. The van der Waals surface area contributed by atoms with Crippen LogP contribution in [0.3, 0.4) is 0 Å². The van der Waals surface area contributed by atoms with Gasteiger partial charge in [0.05, 0.1) is 5.52 Å². The predicted molar refractivity (Wildman–Crippen MR) is 99.1 cm³/mol. The number of nitrogens with one attached hydrogen (secondary N) is 1. The maximum absolute atomic E-state index is 6.05. The molecule has 0 saturated carbocycles. The van der Waals surface area contributed by atoms with Crippen molar-refractivity contribution in [2.45, 2.75) is 6.92 Å². The summed E-state index contributed by atoms with van der Waals surface area (Å²) in [5, 5.41) is 5.37. The molecular formula is C19H22ClN3. The third-order valence-corrected chi connectivity index (χ3v) is 4.24. The first kappa shape index (κ1) is 16.0. The van der Waals surface area contributed by atoms with Crippen molar-refractivity contribution in [1.82, 2.24) is 9.88 Å². The van der Waals surface area contributed by atoms with Crippen molar-refractivity contribution in [3.8, 4) is 0 Å². The van der Waals surface area contributed by atoms with E-state index in [9.17, 15) is 0 Å². The second-order valence-electron chi connectivity index (χ2n) is 6.35. The molecule has 0 saturated heterocycles. The van der Waals surface area contributed by atoms with Crippen LogP contribution in [0.4, 0.5) is 5.69 Å². The number of benzene rings is 1. The molecule has 1 heterocycles. The van der Waals surface area contributed by atoms with Crippen molar-refractivity contribution in [2.75, 3.05) is 32.5 Å². The minimum atomic E-state index is 0.509. The molecule has 4 heteroatoms. The second kappa shape index (κ2) is 6.73. The van der Waals surface area contributed by atoms with E-state index in [0.29, 0.717) is 10.9 Å². The largest absolute Gasteiger partial charge is 0.380 e. The number of hydrogen-bond donors (Lipinski definition) is 1. The van der Waals surface area contributed by atoms with Crippen LogP contribution in [-0.2, 0) is 0 Å². The van der Waals surface area contributed by atoms with Gasteiger partial charge in [-0.1, -0.05) is 30.7 Å². The smallest absolute Gasteiger partial charge is 0.0737 e. The van der Waals surface area contributed by atoms with Gasteiger partial charge in [0.25, 0.3) is 0 Å². The summed E-state index contributed by atoms with van der Waals surface area (Å²) in [4.78, 5) is 6.60. The SMILES string of the molecule is CC1C=C(CNc2ccnc3cc(Cl)ccc23)C(CN(C)C)=C1. The quantitative estimate of drug-likeness (QED) is 0.884. The molecule has 23 heavy (non-hydrogen) atoms. The first-order chi connectivity index (χ1) is 11.0. The van der Waals surface area contributed by atoms with Crippen LogP contribution in [0.15, 0.2) is 53.8 Å². The highest BCUT2D eigenvalue weighted by Gasteiger charge is 2.15. The van der Waals surface area contributed by atoms with Gasteiger partial charge >= 0.3 is 0 Å². The van der Waals surface area contributed by atoms with Crippen LogP contribution in [0.25, 0.3) is 10.9 Å². The zero-order valence-electron chi connectivity index (χ0n) is 13.8. The number of allylic oxidation sites excluding steroid dienone is 2. The van der Waals surface area contributed by atoms with Crippen LogP contribution in [0.2, 0.25) is 5.02 Å². The van der Waals surface area contributed by atoms with E-state index < -0.39 is 0 Å². The molecule has 0 spiro atoms. The molecule has 1 unspecified atom stereocenters. The molecule has 0 aliphatic heterocycles. The number of likely N-dealkylation sites (N-methyl/N-ethyl adjacent to an activating group) is 1. The Morgan fingerprint density at radius 1 is 1.17 bits per heavy atom. The lowest BCUT2D eigenvalue weighted by Crippen LogP contribution is -2.17. The van der Waals surface area contributed by atoms with Gasteiger partial charge in [-0.2, -0.15) is 0 Å². The average Bonchev–Trinajstić information content (AvgIpc) is 2.83. The molecule has 1 aliphatic carbocycles. The standard InChI is InChI=1S/C19H22ClN3/c1-13-8-14(15(9-13)12-23(2)3)11-22-18-6-7-21-19-10-16(20)4-5-17(18)19/h4-10,13H,11-12H2,1-3H3,(H,21,22). The van der Waals surface area contributed by atoms with Gasteiger partial charge in [-0.25, -0.2) is 0 Å². The molecule has 0 bridgehead atoms. The minimum Gasteiger partial charge on any atom is -0.380 e. The summed E-state index contributed by atoms with van der Waals surface area (Å²) >= 11 is 6.05. The fourth-order valence-corrected chi connectivity index (χ4v) is 3.20. The van der Waals surface area contributed by atoms with Gasteiger partial charge < -0.3 is 10.2 Å². The Balaban J connectivity index is 1.79. The molecule has 0 fully saturated rings. The molecule has 1 atom stereocenters. The molecule has 0 amide bonds. The highest BCUT2D eigenvalue weighted by atomic mass is 35.5. The third-order valence-electron chi connectivity index (χ3n) is 4.00. The van der Waals surface area contributed by atoms with E-state index >= 15 is 0 Å². The lowest BCUT2D eigenvalue weighted by atomic mass is 10.1. The zero-order valence-corrected chi connectivity index (χ0v) is 14.6. The number of rotatable bonds is 5. The molecule has 120 valence electrons. The summed E-state index contributed by atoms with van der Waals surface area (Å²) in [6.45, 7) is 4.03. The van der Waals surface area contributed by atoms with Crippen LogP contribution in [0.1, 0.15) is 6.92 Å². The summed E-state index contributed by atoms with van der Waals surface area (Å²) < 4.78 is 0. The van der Waals surface area contributed by atoms with Crippen molar-refractivity contribution >= 4 is 28.2 Å². The number of aromatic nitrogens is 1. The normalized spacial score (nSPS) is 17.5. The summed E-state index contributed by atoms with van der Waals surface area (Å²) in [7, 11) is 4.21. The monoisotopic (exact) mass is 327 g/mol. The van der Waals surface area contributed by atoms with Gasteiger partial charge in [-0.15, -0.1) is 0 Å². The summed E-state index contributed by atoms with van der Waals surface area (Å²) in [6, 6.07) is 7.85. The Bertz CT molecular complexity index is 777. The minimum absolute atomic E-state index is 0.509. The first-order valence-corrected chi connectivity index (χ1v) is 8.25. The van der Waals surface area contributed by atoms with E-state index in [2.05, 4.69) is 48.4 Å². The van der Waals surface area contributed by atoms with Crippen molar-refractivity contribution in [1.29, 1.82) is 0 Å². The van der Waals surface area contributed by atoms with Crippen LogP contribution < -0.4 is 5.32 Å². The van der Waals surface area contributed by atoms with Crippen LogP contribution in [0, 0.1) is 5.92 Å². The molecule has 0 radical (unpaired) electrons. The summed E-state index contributed by atoms with van der Waals surface area (Å²) in [6.07, 6.45) is 6.51. The second-order valence-corrected chi connectivity index (χ2v) is 6.79. The van der Waals surface area contributed by atoms with E-state index in [4.69, 9.17) is 11.6 Å². The van der Waals surface area contributed by atoms with Crippen molar-refractivity contribution in [3.05, 3.63) is 58.8 Å². The molecule has 3 nitrogen and oxygen atoms in total. The maximum atomic E-state index is 6.05. The predicted octanol–water partition coefficient (Wildman–Crippen LogP) is 4.36. The van der Waals surface area contributed by atoms with Gasteiger partial charge in [0, 0.05) is 35.4 Å². The van der Waals surface area contributed by atoms with Gasteiger partial charge in [0.1, 0.15) is 0 Å². The molecule has 1 aliphatic rings. The van der Waals surface area contributed by atoms with Gasteiger partial charge in [0.15, 0.2) is 0 Å². The maximum Gasteiger partial charge on any atom is 0.0737 e. The third kappa shape index (κ3) is 3.74. The number of hydrogen-bond acceptors (Lipinski definition) is 3. The summed E-state index contributed by atoms with van der Waals surface area (Å²) in [5.74, 6) is 0.509. The fraction of sp³-hybridized carbons (Fsp3) is 0.316. The zero-order chi connectivity index (χ0) is 16.4. The van der Waals surface area contributed by atoms with E-state index in [0.717, 1.165) is 29.7 Å². The first-order valence-electron chi connectivity index (χ1n) is 7.87. The lowest BCUT2D eigenvalue weighted by Gasteiger charge is -2.16. The highest BCUT2D eigenvalue weighted by Crippen LogP contribution is 2.27. The average molecular weight is 328 g/mol. The van der Waals surface area contributed by atoms with E-state index in [1.54, 1.807) is 0 Å².